The van der Waals surface area contributed by atoms with Crippen LogP contribution in [0.1, 0.15) is 25.3 Å². The van der Waals surface area contributed by atoms with E-state index in [1.165, 1.54) is 6.21 Å². The Kier molecular flexibility index (Phi) is 7.80. The number of alkyl halides is 2. The molecule has 0 bridgehead atoms. The Labute approximate surface area is 150 Å². The summed E-state index contributed by atoms with van der Waals surface area (Å²) in [6.45, 7) is 0.493. The van der Waals surface area contributed by atoms with E-state index in [9.17, 15) is 8.78 Å². The van der Waals surface area contributed by atoms with E-state index < -0.39 is 6.61 Å². The molecule has 0 unspecified atom stereocenters. The van der Waals surface area contributed by atoms with Crippen molar-refractivity contribution in [3.63, 3.8) is 0 Å². The summed E-state index contributed by atoms with van der Waals surface area (Å²) in [6.07, 6.45) is 3.54. The third-order valence-electron chi connectivity index (χ3n) is 3.40. The van der Waals surface area contributed by atoms with E-state index in [-0.39, 0.29) is 17.6 Å². The first-order chi connectivity index (χ1) is 12.1. The molecule has 1 fully saturated rings. The molecule has 6 nitrogen and oxygen atoms in total. The van der Waals surface area contributed by atoms with Gasteiger partial charge in [0.25, 0.3) is 0 Å². The average Bonchev–Trinajstić information content (AvgIpc) is 3.09. The molecule has 0 radical (unpaired) electrons. The molecule has 0 saturated carbocycles. The van der Waals surface area contributed by atoms with Crippen LogP contribution in [0.2, 0.25) is 0 Å². The number of halogens is 2. The van der Waals surface area contributed by atoms with Crippen LogP contribution in [0.25, 0.3) is 0 Å². The molecule has 1 aromatic carbocycles. The van der Waals surface area contributed by atoms with Crippen LogP contribution in [0.4, 0.5) is 8.78 Å². The van der Waals surface area contributed by atoms with E-state index in [0.717, 1.165) is 19.4 Å². The lowest BCUT2D eigenvalue weighted by Crippen LogP contribution is -2.37. The van der Waals surface area contributed by atoms with Crippen molar-refractivity contribution in [1.82, 2.24) is 10.7 Å². The smallest absolute Gasteiger partial charge is 0.387 e. The highest BCUT2D eigenvalue weighted by Gasteiger charge is 2.16. The number of nitrogens with one attached hydrogen (secondary N) is 2. The summed E-state index contributed by atoms with van der Waals surface area (Å²) in [5.74, 6) is 0.161. The maximum absolute atomic E-state index is 12.6. The summed E-state index contributed by atoms with van der Waals surface area (Å²) >= 11 is 5.11. The molecule has 2 rings (SSSR count). The molecular weight excluding hydrogens is 352 g/mol. The van der Waals surface area contributed by atoms with Crippen LogP contribution in [0, 0.1) is 0 Å². The second-order valence-electron chi connectivity index (χ2n) is 5.20. The standard InChI is InChI=1S/C16H21F2N3O3S/c1-2-22-13-7-3-5-11(14(13)24-15(17)18)9-20-21-16(25)19-10-12-6-4-8-23-12/h3,5,7,9,12,15H,2,4,6,8,10H2,1H3,(H2,19,21,25)/b20-9-/t12-/m0/s1. The number of thiocarbonyl (C=S) groups is 1. The molecule has 0 spiro atoms. The van der Waals surface area contributed by atoms with Gasteiger partial charge in [0.15, 0.2) is 16.6 Å². The third-order valence-corrected chi connectivity index (χ3v) is 3.64. The fraction of sp³-hybridized carbons (Fsp3) is 0.500. The summed E-state index contributed by atoms with van der Waals surface area (Å²) < 4.78 is 40.6. The lowest BCUT2D eigenvalue weighted by atomic mass is 10.2. The van der Waals surface area contributed by atoms with E-state index in [4.69, 9.17) is 21.7 Å². The van der Waals surface area contributed by atoms with Crippen molar-refractivity contribution < 1.29 is 23.0 Å². The van der Waals surface area contributed by atoms with Crippen molar-refractivity contribution in [2.45, 2.75) is 32.5 Å². The van der Waals surface area contributed by atoms with Crippen LogP contribution in [0.5, 0.6) is 11.5 Å². The maximum atomic E-state index is 12.6. The van der Waals surface area contributed by atoms with E-state index >= 15 is 0 Å². The van der Waals surface area contributed by atoms with E-state index in [2.05, 4.69) is 20.6 Å². The monoisotopic (exact) mass is 373 g/mol. The Morgan fingerprint density at radius 3 is 3.04 bits per heavy atom. The minimum atomic E-state index is -2.96. The molecule has 0 amide bonds. The second-order valence-corrected chi connectivity index (χ2v) is 5.61. The minimum absolute atomic E-state index is 0.0665. The van der Waals surface area contributed by atoms with Crippen LogP contribution < -0.4 is 20.2 Å². The lowest BCUT2D eigenvalue weighted by molar-refractivity contribution is -0.0515. The predicted molar refractivity (Wildman–Crippen MR) is 94.5 cm³/mol. The Morgan fingerprint density at radius 2 is 2.36 bits per heavy atom. The highest BCUT2D eigenvalue weighted by molar-refractivity contribution is 7.80. The first-order valence-corrected chi connectivity index (χ1v) is 8.40. The Balaban J connectivity index is 1.94. The van der Waals surface area contributed by atoms with Crippen molar-refractivity contribution in [2.75, 3.05) is 19.8 Å². The van der Waals surface area contributed by atoms with Crippen LogP contribution in [0.3, 0.4) is 0 Å². The number of hydrazone groups is 1. The van der Waals surface area contributed by atoms with Crippen molar-refractivity contribution in [2.24, 2.45) is 5.10 Å². The fourth-order valence-corrected chi connectivity index (χ4v) is 2.47. The van der Waals surface area contributed by atoms with Crippen LogP contribution in [-0.2, 0) is 4.74 Å². The average molecular weight is 373 g/mol. The second kappa shape index (κ2) is 10.1. The fourth-order valence-electron chi connectivity index (χ4n) is 2.33. The maximum Gasteiger partial charge on any atom is 0.387 e. The summed E-state index contributed by atoms with van der Waals surface area (Å²) in [5.41, 5.74) is 2.99. The molecule has 1 saturated heterocycles. The first-order valence-electron chi connectivity index (χ1n) is 7.99. The Bertz CT molecular complexity index is 596. The van der Waals surface area contributed by atoms with Crippen LogP contribution in [-0.4, -0.2) is 43.8 Å². The molecule has 0 aromatic heterocycles. The van der Waals surface area contributed by atoms with Crippen molar-refractivity contribution in [3.05, 3.63) is 23.8 Å². The highest BCUT2D eigenvalue weighted by Crippen LogP contribution is 2.31. The quantitative estimate of drug-likeness (QED) is 0.415. The molecule has 1 heterocycles. The summed E-state index contributed by atoms with van der Waals surface area (Å²) in [6, 6.07) is 4.81. The van der Waals surface area contributed by atoms with Gasteiger partial charge in [0, 0.05) is 18.7 Å². The van der Waals surface area contributed by atoms with Gasteiger partial charge in [-0.05, 0) is 44.1 Å². The molecule has 2 N–H and O–H groups in total. The zero-order chi connectivity index (χ0) is 18.1. The van der Waals surface area contributed by atoms with Gasteiger partial charge in [0.1, 0.15) is 0 Å². The third kappa shape index (κ3) is 6.43. The van der Waals surface area contributed by atoms with Gasteiger partial charge in [-0.25, -0.2) is 0 Å². The van der Waals surface area contributed by atoms with Crippen LogP contribution in [0.15, 0.2) is 23.3 Å². The van der Waals surface area contributed by atoms with E-state index in [1.54, 1.807) is 25.1 Å². The van der Waals surface area contributed by atoms with Gasteiger partial charge < -0.3 is 19.5 Å². The Morgan fingerprint density at radius 1 is 1.52 bits per heavy atom. The van der Waals surface area contributed by atoms with Gasteiger partial charge in [0.05, 0.1) is 18.9 Å². The van der Waals surface area contributed by atoms with E-state index in [0.29, 0.717) is 23.8 Å². The van der Waals surface area contributed by atoms with Gasteiger partial charge >= 0.3 is 6.61 Å². The number of nitrogens with zero attached hydrogens (tertiary/aromatic N) is 1. The molecule has 138 valence electrons. The number of benzene rings is 1. The normalized spacial score (nSPS) is 17.0. The largest absolute Gasteiger partial charge is 0.490 e. The van der Waals surface area contributed by atoms with Crippen molar-refractivity contribution in [3.8, 4) is 11.5 Å². The topological polar surface area (TPSA) is 64.1 Å². The first kappa shape index (κ1) is 19.3. The van der Waals surface area contributed by atoms with Gasteiger partial charge in [-0.1, -0.05) is 6.07 Å². The molecule has 9 heteroatoms. The SMILES string of the molecule is CCOc1cccc(/C=N\NC(=S)NC[C@@H]2CCCO2)c1OC(F)F. The highest BCUT2D eigenvalue weighted by atomic mass is 32.1. The van der Waals surface area contributed by atoms with Gasteiger partial charge in [0.2, 0.25) is 0 Å². The lowest BCUT2D eigenvalue weighted by Gasteiger charge is -2.13. The molecule has 1 aliphatic heterocycles. The predicted octanol–water partition coefficient (Wildman–Crippen LogP) is 2.66. The van der Waals surface area contributed by atoms with Gasteiger partial charge in [-0.2, -0.15) is 13.9 Å². The molecular formula is C16H21F2N3O3S. The number of rotatable bonds is 8. The molecule has 1 aromatic rings. The van der Waals surface area contributed by atoms with Crippen molar-refractivity contribution >= 4 is 23.5 Å². The number of hydrogen-bond donors (Lipinski definition) is 2. The zero-order valence-corrected chi connectivity index (χ0v) is 14.7. The molecule has 1 atom stereocenters. The van der Waals surface area contributed by atoms with E-state index in [1.807, 2.05) is 0 Å². The molecule has 0 aliphatic carbocycles. The molecule has 25 heavy (non-hydrogen) atoms. The van der Waals surface area contributed by atoms with Crippen molar-refractivity contribution in [1.29, 1.82) is 0 Å². The van der Waals surface area contributed by atoms with Gasteiger partial charge in [-0.15, -0.1) is 0 Å². The minimum Gasteiger partial charge on any atom is -0.490 e. The zero-order valence-electron chi connectivity index (χ0n) is 13.8. The number of hydrogen-bond acceptors (Lipinski definition) is 5. The van der Waals surface area contributed by atoms with Crippen LogP contribution >= 0.6 is 12.2 Å². The molecule has 1 aliphatic rings. The van der Waals surface area contributed by atoms with Gasteiger partial charge in [-0.3, -0.25) is 5.43 Å². The Hall–Kier alpha value is -2.00. The summed E-state index contributed by atoms with van der Waals surface area (Å²) in [4.78, 5) is 0. The number of para-hydroxylation sites is 1. The summed E-state index contributed by atoms with van der Waals surface area (Å²) in [7, 11) is 0. The summed E-state index contributed by atoms with van der Waals surface area (Å²) in [5, 5.41) is 7.27. The number of ether oxygens (including phenoxy) is 3.